The lowest BCUT2D eigenvalue weighted by Crippen LogP contribution is -2.47. The second-order valence-electron chi connectivity index (χ2n) is 6.73. The Hall–Kier alpha value is -1.41. The van der Waals surface area contributed by atoms with Crippen LogP contribution in [0.3, 0.4) is 0 Å². The fourth-order valence-electron chi connectivity index (χ4n) is 3.47. The van der Waals surface area contributed by atoms with Crippen molar-refractivity contribution in [3.05, 3.63) is 42.1 Å². The summed E-state index contributed by atoms with van der Waals surface area (Å²) in [4.78, 5) is 4.78. The zero-order chi connectivity index (χ0) is 14.2. The second kappa shape index (κ2) is 5.17. The van der Waals surface area contributed by atoms with Crippen molar-refractivity contribution < 1.29 is 0 Å². The number of hydrogen-bond donors (Lipinski definition) is 1. The Kier molecular flexibility index (Phi) is 3.51. The second-order valence-corrected chi connectivity index (χ2v) is 6.73. The molecule has 1 aliphatic carbocycles. The van der Waals surface area contributed by atoms with Crippen molar-refractivity contribution in [2.75, 3.05) is 0 Å². The lowest BCUT2D eigenvalue weighted by Gasteiger charge is -2.40. The fraction of sp³-hybridized carbons (Fsp3) is 0.500. The van der Waals surface area contributed by atoms with Crippen molar-refractivity contribution >= 4 is 10.9 Å². The lowest BCUT2D eigenvalue weighted by atomic mass is 9.70. The minimum absolute atomic E-state index is 0.0681. The van der Waals surface area contributed by atoms with Gasteiger partial charge in [0.1, 0.15) is 0 Å². The van der Waals surface area contributed by atoms with E-state index < -0.39 is 0 Å². The van der Waals surface area contributed by atoms with Gasteiger partial charge in [0.15, 0.2) is 0 Å². The van der Waals surface area contributed by atoms with Gasteiger partial charge in [-0.3, -0.25) is 4.98 Å². The number of pyridine rings is 1. The molecule has 3 unspecified atom stereocenters. The Morgan fingerprint density at radius 1 is 1.15 bits per heavy atom. The molecule has 0 spiro atoms. The van der Waals surface area contributed by atoms with E-state index in [0.717, 1.165) is 36.4 Å². The molecule has 2 heteroatoms. The van der Waals surface area contributed by atoms with Gasteiger partial charge >= 0.3 is 0 Å². The quantitative estimate of drug-likeness (QED) is 0.896. The number of aromatic nitrogens is 1. The summed E-state index contributed by atoms with van der Waals surface area (Å²) in [6.45, 7) is 4.68. The van der Waals surface area contributed by atoms with Crippen molar-refractivity contribution in [2.24, 2.45) is 17.6 Å². The SMILES string of the molecule is CC1CCC(N)(Cc2ccc3ccccc3n2)CC1C. The molecule has 2 N–H and O–H groups in total. The third-order valence-corrected chi connectivity index (χ3v) is 4.99. The molecule has 1 aromatic heterocycles. The topological polar surface area (TPSA) is 38.9 Å². The van der Waals surface area contributed by atoms with Crippen LogP contribution in [0.4, 0.5) is 0 Å². The van der Waals surface area contributed by atoms with Crippen LogP contribution in [0.2, 0.25) is 0 Å². The van der Waals surface area contributed by atoms with E-state index in [2.05, 4.69) is 44.2 Å². The molecule has 106 valence electrons. The Bertz CT molecular complexity index is 607. The molecular weight excluding hydrogens is 244 g/mol. The number of hydrogen-bond acceptors (Lipinski definition) is 2. The first-order valence-electron chi connectivity index (χ1n) is 7.69. The third kappa shape index (κ3) is 2.71. The summed E-state index contributed by atoms with van der Waals surface area (Å²) in [5, 5.41) is 1.20. The van der Waals surface area contributed by atoms with Crippen LogP contribution in [0, 0.1) is 11.8 Å². The summed E-state index contributed by atoms with van der Waals surface area (Å²) in [5.74, 6) is 1.52. The van der Waals surface area contributed by atoms with Crippen LogP contribution < -0.4 is 5.73 Å². The van der Waals surface area contributed by atoms with Crippen molar-refractivity contribution in [1.29, 1.82) is 0 Å². The number of rotatable bonds is 2. The van der Waals surface area contributed by atoms with Crippen LogP contribution in [-0.2, 0) is 6.42 Å². The predicted molar refractivity (Wildman–Crippen MR) is 84.5 cm³/mol. The lowest BCUT2D eigenvalue weighted by molar-refractivity contribution is 0.175. The number of nitrogens with zero attached hydrogens (tertiary/aromatic N) is 1. The van der Waals surface area contributed by atoms with E-state index in [9.17, 15) is 0 Å². The molecule has 1 heterocycles. The molecule has 0 bridgehead atoms. The summed E-state index contributed by atoms with van der Waals surface area (Å²) < 4.78 is 0. The predicted octanol–water partition coefficient (Wildman–Crippen LogP) is 3.93. The average Bonchev–Trinajstić information content (AvgIpc) is 2.43. The van der Waals surface area contributed by atoms with Gasteiger partial charge in [-0.05, 0) is 43.2 Å². The van der Waals surface area contributed by atoms with Crippen LogP contribution in [-0.4, -0.2) is 10.5 Å². The van der Waals surface area contributed by atoms with Gasteiger partial charge in [-0.2, -0.15) is 0 Å². The Morgan fingerprint density at radius 3 is 2.75 bits per heavy atom. The molecule has 1 aliphatic rings. The van der Waals surface area contributed by atoms with E-state index in [-0.39, 0.29) is 5.54 Å². The highest BCUT2D eigenvalue weighted by Gasteiger charge is 2.34. The maximum Gasteiger partial charge on any atom is 0.0705 e. The smallest absolute Gasteiger partial charge is 0.0705 e. The molecule has 2 nitrogen and oxygen atoms in total. The number of fused-ring (bicyclic) bond motifs is 1. The van der Waals surface area contributed by atoms with Gasteiger partial charge in [0, 0.05) is 23.0 Å². The average molecular weight is 268 g/mol. The van der Waals surface area contributed by atoms with Gasteiger partial charge in [0.2, 0.25) is 0 Å². The van der Waals surface area contributed by atoms with Gasteiger partial charge in [-0.15, -0.1) is 0 Å². The minimum Gasteiger partial charge on any atom is -0.325 e. The van der Waals surface area contributed by atoms with Crippen LogP contribution in [0.15, 0.2) is 36.4 Å². The van der Waals surface area contributed by atoms with Crippen molar-refractivity contribution in [3.8, 4) is 0 Å². The normalized spacial score (nSPS) is 30.6. The van der Waals surface area contributed by atoms with Crippen LogP contribution >= 0.6 is 0 Å². The van der Waals surface area contributed by atoms with Crippen molar-refractivity contribution in [2.45, 2.75) is 45.1 Å². The fourth-order valence-corrected chi connectivity index (χ4v) is 3.47. The molecule has 1 aromatic carbocycles. The molecule has 3 rings (SSSR count). The van der Waals surface area contributed by atoms with Crippen molar-refractivity contribution in [1.82, 2.24) is 4.98 Å². The highest BCUT2D eigenvalue weighted by atomic mass is 14.8. The highest BCUT2D eigenvalue weighted by molar-refractivity contribution is 5.78. The molecule has 1 saturated carbocycles. The summed E-state index contributed by atoms with van der Waals surface area (Å²) >= 11 is 0. The van der Waals surface area contributed by atoms with Gasteiger partial charge in [0.05, 0.1) is 5.52 Å². The summed E-state index contributed by atoms with van der Waals surface area (Å²) in [7, 11) is 0. The van der Waals surface area contributed by atoms with Crippen molar-refractivity contribution in [3.63, 3.8) is 0 Å². The van der Waals surface area contributed by atoms with Crippen LogP contribution in [0.25, 0.3) is 10.9 Å². The zero-order valence-electron chi connectivity index (χ0n) is 12.5. The first-order chi connectivity index (χ1) is 9.56. The van der Waals surface area contributed by atoms with E-state index in [0.29, 0.717) is 5.92 Å². The molecule has 0 aliphatic heterocycles. The Morgan fingerprint density at radius 2 is 1.95 bits per heavy atom. The minimum atomic E-state index is -0.0681. The first kappa shape index (κ1) is 13.6. The zero-order valence-corrected chi connectivity index (χ0v) is 12.5. The van der Waals surface area contributed by atoms with E-state index in [1.165, 1.54) is 11.8 Å². The van der Waals surface area contributed by atoms with E-state index >= 15 is 0 Å². The highest BCUT2D eigenvalue weighted by Crippen LogP contribution is 2.36. The summed E-state index contributed by atoms with van der Waals surface area (Å²) in [6.07, 6.45) is 4.37. The number of para-hydroxylation sites is 1. The summed E-state index contributed by atoms with van der Waals surface area (Å²) in [5.41, 5.74) is 8.79. The van der Waals surface area contributed by atoms with Gasteiger partial charge in [-0.1, -0.05) is 38.1 Å². The number of nitrogens with two attached hydrogens (primary N) is 1. The maximum atomic E-state index is 6.65. The standard InChI is InChI=1S/C18H24N2/c1-13-9-10-18(19,11-14(13)2)12-16-8-7-15-5-3-4-6-17(15)20-16/h3-8,13-14H,9-12,19H2,1-2H3. The van der Waals surface area contributed by atoms with E-state index in [4.69, 9.17) is 10.7 Å². The van der Waals surface area contributed by atoms with Crippen LogP contribution in [0.1, 0.15) is 38.8 Å². The molecule has 0 saturated heterocycles. The van der Waals surface area contributed by atoms with Gasteiger partial charge < -0.3 is 5.73 Å². The Labute approximate surface area is 121 Å². The monoisotopic (exact) mass is 268 g/mol. The first-order valence-corrected chi connectivity index (χ1v) is 7.69. The third-order valence-electron chi connectivity index (χ3n) is 4.99. The molecule has 20 heavy (non-hydrogen) atoms. The molecule has 1 fully saturated rings. The maximum absolute atomic E-state index is 6.65. The largest absolute Gasteiger partial charge is 0.325 e. The van der Waals surface area contributed by atoms with E-state index in [1.54, 1.807) is 0 Å². The van der Waals surface area contributed by atoms with Gasteiger partial charge in [-0.25, -0.2) is 0 Å². The molecule has 3 atom stereocenters. The van der Waals surface area contributed by atoms with Crippen LogP contribution in [0.5, 0.6) is 0 Å². The summed E-state index contributed by atoms with van der Waals surface area (Å²) in [6, 6.07) is 12.6. The Balaban J connectivity index is 1.82. The molecule has 0 amide bonds. The number of benzene rings is 1. The van der Waals surface area contributed by atoms with Gasteiger partial charge in [0.25, 0.3) is 0 Å². The molecular formula is C18H24N2. The van der Waals surface area contributed by atoms with E-state index in [1.807, 2.05) is 6.07 Å². The molecule has 0 radical (unpaired) electrons. The molecule has 2 aromatic rings.